The fourth-order valence-corrected chi connectivity index (χ4v) is 2.97. The fraction of sp³-hybridized carbons (Fsp3) is 0.467. The number of carbonyl (C=O) groups excluding carboxylic acids is 1. The van der Waals surface area contributed by atoms with Gasteiger partial charge < -0.3 is 14.7 Å². The van der Waals surface area contributed by atoms with Gasteiger partial charge in [0.2, 0.25) is 0 Å². The van der Waals surface area contributed by atoms with Gasteiger partial charge >= 0.3 is 5.97 Å². The zero-order valence-electron chi connectivity index (χ0n) is 11.7. The van der Waals surface area contributed by atoms with Crippen molar-refractivity contribution >= 4 is 24.3 Å². The molecule has 0 spiro atoms. The smallest absolute Gasteiger partial charge is 0.308 e. The first-order valence-electron chi connectivity index (χ1n) is 6.85. The third-order valence-electron chi connectivity index (χ3n) is 4.21. The van der Waals surface area contributed by atoms with Crippen molar-refractivity contribution in [2.75, 3.05) is 13.1 Å². The molecule has 5 nitrogen and oxygen atoms in total. The topological polar surface area (TPSA) is 66.8 Å². The minimum Gasteiger partial charge on any atom is -0.481 e. The number of likely N-dealkylation sites (tertiary alicyclic amines) is 1. The molecule has 21 heavy (non-hydrogen) atoms. The van der Waals surface area contributed by atoms with Crippen molar-refractivity contribution in [1.82, 2.24) is 4.90 Å². The minimum absolute atomic E-state index is 0. The molecular formula is C15H18ClNO4. The summed E-state index contributed by atoms with van der Waals surface area (Å²) in [6.07, 6.45) is -0.00489. The van der Waals surface area contributed by atoms with Crippen molar-refractivity contribution in [3.05, 3.63) is 29.8 Å². The van der Waals surface area contributed by atoms with Gasteiger partial charge in [-0.15, -0.1) is 12.4 Å². The number of benzene rings is 1. The summed E-state index contributed by atoms with van der Waals surface area (Å²) in [6, 6.07) is 7.65. The highest BCUT2D eigenvalue weighted by atomic mass is 35.5. The van der Waals surface area contributed by atoms with Crippen LogP contribution in [0.4, 0.5) is 0 Å². The quantitative estimate of drug-likeness (QED) is 0.906. The molecule has 1 aromatic carbocycles. The minimum atomic E-state index is -0.830. The lowest BCUT2D eigenvalue weighted by atomic mass is 9.97. The largest absolute Gasteiger partial charge is 0.481 e. The van der Waals surface area contributed by atoms with E-state index in [1.807, 2.05) is 31.2 Å². The van der Waals surface area contributed by atoms with E-state index in [-0.39, 0.29) is 30.8 Å². The first-order valence-corrected chi connectivity index (χ1v) is 6.85. The van der Waals surface area contributed by atoms with E-state index in [0.29, 0.717) is 13.0 Å². The molecule has 1 fully saturated rings. The number of aliphatic carboxylic acids is 1. The Bertz CT molecular complexity index is 562. The molecule has 3 rings (SSSR count). The molecule has 1 aromatic rings. The SMILES string of the molecule is CC1c2ccccc2OC1C(=O)N1CCC(C(=O)O)C1.Cl. The van der Waals surface area contributed by atoms with E-state index < -0.39 is 18.0 Å². The molecule has 2 aliphatic heterocycles. The number of halogens is 1. The second kappa shape index (κ2) is 5.93. The number of amides is 1. The van der Waals surface area contributed by atoms with Crippen LogP contribution < -0.4 is 4.74 Å². The Kier molecular flexibility index (Phi) is 4.42. The van der Waals surface area contributed by atoms with Crippen LogP contribution in [0.2, 0.25) is 0 Å². The number of rotatable bonds is 2. The fourth-order valence-electron chi connectivity index (χ4n) is 2.97. The highest BCUT2D eigenvalue weighted by Crippen LogP contribution is 2.38. The Morgan fingerprint density at radius 1 is 1.33 bits per heavy atom. The van der Waals surface area contributed by atoms with Gasteiger partial charge in [-0.05, 0) is 12.5 Å². The molecule has 0 aromatic heterocycles. The second-order valence-electron chi connectivity index (χ2n) is 5.47. The van der Waals surface area contributed by atoms with Gasteiger partial charge in [-0.1, -0.05) is 25.1 Å². The standard InChI is InChI=1S/C15H17NO4.ClH/c1-9-11-4-2-3-5-12(11)20-13(9)14(17)16-7-6-10(8-16)15(18)19;/h2-5,9-10,13H,6-8H2,1H3,(H,18,19);1H. The van der Waals surface area contributed by atoms with Gasteiger partial charge in [-0.25, -0.2) is 0 Å². The molecule has 2 aliphatic rings. The molecule has 1 saturated heterocycles. The molecule has 0 bridgehead atoms. The summed E-state index contributed by atoms with van der Waals surface area (Å²) in [7, 11) is 0. The van der Waals surface area contributed by atoms with Gasteiger partial charge in [0.15, 0.2) is 6.10 Å². The second-order valence-corrected chi connectivity index (χ2v) is 5.47. The highest BCUT2D eigenvalue weighted by Gasteiger charge is 2.41. The van der Waals surface area contributed by atoms with Crippen LogP contribution >= 0.6 is 12.4 Å². The number of carboxylic acid groups (broad SMARTS) is 1. The van der Waals surface area contributed by atoms with E-state index in [9.17, 15) is 9.59 Å². The summed E-state index contributed by atoms with van der Waals surface area (Å²) in [5.74, 6) is -0.616. The maximum Gasteiger partial charge on any atom is 0.308 e. The van der Waals surface area contributed by atoms with Crippen molar-refractivity contribution in [2.45, 2.75) is 25.4 Å². The number of carboxylic acids is 1. The summed E-state index contributed by atoms with van der Waals surface area (Å²) < 4.78 is 5.75. The molecule has 1 N–H and O–H groups in total. The Morgan fingerprint density at radius 2 is 2.05 bits per heavy atom. The molecule has 0 radical (unpaired) electrons. The third-order valence-corrected chi connectivity index (χ3v) is 4.21. The van der Waals surface area contributed by atoms with Crippen LogP contribution in [0, 0.1) is 5.92 Å². The summed E-state index contributed by atoms with van der Waals surface area (Å²) in [6.45, 7) is 2.76. The summed E-state index contributed by atoms with van der Waals surface area (Å²) in [5.41, 5.74) is 1.04. The number of carbonyl (C=O) groups is 2. The van der Waals surface area contributed by atoms with Gasteiger partial charge in [-0.2, -0.15) is 0 Å². The van der Waals surface area contributed by atoms with E-state index in [1.54, 1.807) is 4.90 Å². The van der Waals surface area contributed by atoms with E-state index in [4.69, 9.17) is 9.84 Å². The van der Waals surface area contributed by atoms with Gasteiger partial charge in [0.05, 0.1) is 5.92 Å². The Hall–Kier alpha value is -1.75. The Balaban J connectivity index is 0.00000161. The summed E-state index contributed by atoms with van der Waals surface area (Å²) in [4.78, 5) is 25.1. The van der Waals surface area contributed by atoms with Gasteiger partial charge in [-0.3, -0.25) is 9.59 Å². The average Bonchev–Trinajstić information content (AvgIpc) is 3.04. The molecule has 0 saturated carbocycles. The zero-order valence-corrected chi connectivity index (χ0v) is 12.5. The lowest BCUT2D eigenvalue weighted by Crippen LogP contribution is -2.41. The van der Waals surface area contributed by atoms with Crippen LogP contribution in [-0.2, 0) is 9.59 Å². The monoisotopic (exact) mass is 311 g/mol. The number of para-hydroxylation sites is 1. The van der Waals surface area contributed by atoms with Crippen molar-refractivity contribution in [3.8, 4) is 5.75 Å². The van der Waals surface area contributed by atoms with Crippen molar-refractivity contribution < 1.29 is 19.4 Å². The predicted octanol–water partition coefficient (Wildman–Crippen LogP) is 1.91. The first-order chi connectivity index (χ1) is 9.58. The van der Waals surface area contributed by atoms with Crippen molar-refractivity contribution in [1.29, 1.82) is 0 Å². The number of hydrogen-bond acceptors (Lipinski definition) is 3. The third kappa shape index (κ3) is 2.70. The average molecular weight is 312 g/mol. The molecule has 3 atom stereocenters. The molecular weight excluding hydrogens is 294 g/mol. The van der Waals surface area contributed by atoms with Crippen LogP contribution in [0.5, 0.6) is 5.75 Å². The van der Waals surface area contributed by atoms with Crippen molar-refractivity contribution in [3.63, 3.8) is 0 Å². The molecule has 114 valence electrons. The first kappa shape index (κ1) is 15.6. The molecule has 0 aliphatic carbocycles. The van der Waals surface area contributed by atoms with Crippen LogP contribution in [0.15, 0.2) is 24.3 Å². The van der Waals surface area contributed by atoms with Crippen LogP contribution in [-0.4, -0.2) is 41.1 Å². The molecule has 6 heteroatoms. The molecule has 2 heterocycles. The highest BCUT2D eigenvalue weighted by molar-refractivity contribution is 5.85. The lowest BCUT2D eigenvalue weighted by Gasteiger charge is -2.22. The summed E-state index contributed by atoms with van der Waals surface area (Å²) >= 11 is 0. The Morgan fingerprint density at radius 3 is 2.67 bits per heavy atom. The van der Waals surface area contributed by atoms with E-state index in [1.165, 1.54) is 0 Å². The number of hydrogen-bond donors (Lipinski definition) is 1. The van der Waals surface area contributed by atoms with Crippen LogP contribution in [0.25, 0.3) is 0 Å². The lowest BCUT2D eigenvalue weighted by molar-refractivity contribution is -0.142. The van der Waals surface area contributed by atoms with E-state index in [2.05, 4.69) is 0 Å². The normalized spacial score (nSPS) is 26.7. The van der Waals surface area contributed by atoms with Crippen LogP contribution in [0.1, 0.15) is 24.8 Å². The van der Waals surface area contributed by atoms with Gasteiger partial charge in [0.25, 0.3) is 5.91 Å². The van der Waals surface area contributed by atoms with Crippen molar-refractivity contribution in [2.24, 2.45) is 5.92 Å². The maximum atomic E-state index is 12.5. The van der Waals surface area contributed by atoms with E-state index in [0.717, 1.165) is 11.3 Å². The predicted molar refractivity (Wildman–Crippen MR) is 78.8 cm³/mol. The van der Waals surface area contributed by atoms with E-state index >= 15 is 0 Å². The number of fused-ring (bicyclic) bond motifs is 1. The number of ether oxygens (including phenoxy) is 1. The van der Waals surface area contributed by atoms with Gasteiger partial charge in [0.1, 0.15) is 5.75 Å². The van der Waals surface area contributed by atoms with Crippen LogP contribution in [0.3, 0.4) is 0 Å². The number of nitrogens with zero attached hydrogens (tertiary/aromatic N) is 1. The maximum absolute atomic E-state index is 12.5. The zero-order chi connectivity index (χ0) is 14.3. The Labute approximate surface area is 129 Å². The summed E-state index contributed by atoms with van der Waals surface area (Å²) in [5, 5.41) is 9.00. The molecule has 1 amide bonds. The van der Waals surface area contributed by atoms with Gasteiger partial charge in [0, 0.05) is 24.6 Å². The molecule has 3 unspecified atom stereocenters.